The quantitative estimate of drug-likeness (QED) is 0.730. The Morgan fingerprint density at radius 3 is 2.69 bits per heavy atom. The molecular formula is C11H17FN2O2. The molecule has 1 N–H and O–H groups in total. The van der Waals surface area contributed by atoms with E-state index in [9.17, 15) is 9.28 Å². The Labute approximate surface area is 94.0 Å². The Hall–Kier alpha value is -1.39. The summed E-state index contributed by atoms with van der Waals surface area (Å²) in [6.07, 6.45) is 6.20. The van der Waals surface area contributed by atoms with E-state index in [1.165, 1.54) is 25.3 Å². The largest absolute Gasteiger partial charge is 0.476 e. The first-order valence-electron chi connectivity index (χ1n) is 5.63. The van der Waals surface area contributed by atoms with Crippen LogP contribution in [0.1, 0.15) is 55.2 Å². The van der Waals surface area contributed by atoms with Crippen molar-refractivity contribution in [1.82, 2.24) is 10.0 Å². The predicted molar refractivity (Wildman–Crippen MR) is 58.2 cm³/mol. The normalized spacial score (nSPS) is 10.6. The average molecular weight is 228 g/mol. The Kier molecular flexibility index (Phi) is 4.95. The molecule has 16 heavy (non-hydrogen) atoms. The number of aromatic nitrogens is 2. The summed E-state index contributed by atoms with van der Waals surface area (Å²) < 4.78 is 12.9. The van der Waals surface area contributed by atoms with Crippen LogP contribution in [0.25, 0.3) is 0 Å². The van der Waals surface area contributed by atoms with Crippen molar-refractivity contribution >= 4 is 5.97 Å². The number of aromatic carboxylic acids is 1. The van der Waals surface area contributed by atoms with Crippen LogP contribution in [0.2, 0.25) is 0 Å². The second kappa shape index (κ2) is 6.25. The molecule has 1 rings (SSSR count). The predicted octanol–water partition coefficient (Wildman–Crippen LogP) is 2.83. The standard InChI is InChI=1S/C11H17FN2O2/c1-2-3-4-5-6-7-9-8-10(11(15)16)14(12)13-9/h8H,2-7H2,1H3,(H,15,16). The summed E-state index contributed by atoms with van der Waals surface area (Å²) in [5.74, 6) is -1.28. The third kappa shape index (κ3) is 3.64. The third-order valence-electron chi connectivity index (χ3n) is 2.47. The second-order valence-electron chi connectivity index (χ2n) is 3.85. The maximum atomic E-state index is 12.9. The van der Waals surface area contributed by atoms with Crippen molar-refractivity contribution in [3.63, 3.8) is 0 Å². The van der Waals surface area contributed by atoms with Crippen molar-refractivity contribution in [3.8, 4) is 0 Å². The second-order valence-corrected chi connectivity index (χ2v) is 3.85. The molecule has 0 radical (unpaired) electrons. The summed E-state index contributed by atoms with van der Waals surface area (Å²) in [4.78, 5) is 10.5. The molecule has 0 fully saturated rings. The zero-order valence-corrected chi connectivity index (χ0v) is 9.45. The van der Waals surface area contributed by atoms with Gasteiger partial charge in [-0.3, -0.25) is 0 Å². The lowest BCUT2D eigenvalue weighted by Gasteiger charge is -1.96. The van der Waals surface area contributed by atoms with Crippen LogP contribution in [0, 0.1) is 0 Å². The number of halogens is 1. The van der Waals surface area contributed by atoms with Crippen molar-refractivity contribution < 1.29 is 14.4 Å². The lowest BCUT2D eigenvalue weighted by Crippen LogP contribution is -2.01. The van der Waals surface area contributed by atoms with Gasteiger partial charge in [-0.25, -0.2) is 4.79 Å². The molecule has 90 valence electrons. The average Bonchev–Trinajstić information content (AvgIpc) is 2.59. The minimum absolute atomic E-state index is 0.0658. The van der Waals surface area contributed by atoms with Gasteiger partial charge in [0.25, 0.3) is 0 Å². The van der Waals surface area contributed by atoms with E-state index in [-0.39, 0.29) is 4.90 Å². The molecule has 0 unspecified atom stereocenters. The van der Waals surface area contributed by atoms with Gasteiger partial charge < -0.3 is 5.11 Å². The van der Waals surface area contributed by atoms with Crippen molar-refractivity contribution in [2.75, 3.05) is 0 Å². The maximum absolute atomic E-state index is 12.9. The third-order valence-corrected chi connectivity index (χ3v) is 2.47. The first-order chi connectivity index (χ1) is 7.65. The fourth-order valence-corrected chi connectivity index (χ4v) is 1.58. The van der Waals surface area contributed by atoms with Crippen LogP contribution in [0.5, 0.6) is 0 Å². The first kappa shape index (κ1) is 12.7. The molecule has 0 aliphatic heterocycles. The highest BCUT2D eigenvalue weighted by molar-refractivity contribution is 5.85. The number of carboxylic acid groups (broad SMARTS) is 1. The molecular weight excluding hydrogens is 211 g/mol. The summed E-state index contributed by atoms with van der Waals surface area (Å²) in [5, 5.41) is 12.1. The molecule has 5 heteroatoms. The molecule has 1 aromatic heterocycles. The highest BCUT2D eigenvalue weighted by Crippen LogP contribution is 2.10. The molecule has 0 aliphatic carbocycles. The zero-order chi connectivity index (χ0) is 12.0. The molecule has 0 atom stereocenters. The fourth-order valence-electron chi connectivity index (χ4n) is 1.58. The molecule has 0 aliphatic rings. The number of nitrogens with zero attached hydrogens (tertiary/aromatic N) is 2. The Morgan fingerprint density at radius 1 is 1.44 bits per heavy atom. The molecule has 0 bridgehead atoms. The van der Waals surface area contributed by atoms with Gasteiger partial charge >= 0.3 is 5.97 Å². The number of carboxylic acids is 1. The molecule has 0 amide bonds. The topological polar surface area (TPSA) is 55.1 Å². The maximum Gasteiger partial charge on any atom is 0.357 e. The minimum Gasteiger partial charge on any atom is -0.476 e. The van der Waals surface area contributed by atoms with Gasteiger partial charge in [0.05, 0.1) is 5.69 Å². The summed E-state index contributed by atoms with van der Waals surface area (Å²) in [6, 6.07) is 1.29. The van der Waals surface area contributed by atoms with Crippen molar-refractivity contribution in [2.45, 2.75) is 45.4 Å². The lowest BCUT2D eigenvalue weighted by atomic mass is 10.1. The number of hydrogen-bond donors (Lipinski definition) is 1. The van der Waals surface area contributed by atoms with Crippen molar-refractivity contribution in [1.29, 1.82) is 0 Å². The van der Waals surface area contributed by atoms with Crippen molar-refractivity contribution in [2.24, 2.45) is 0 Å². The molecule has 0 spiro atoms. The number of rotatable bonds is 7. The van der Waals surface area contributed by atoms with Gasteiger partial charge in [0.2, 0.25) is 0 Å². The van der Waals surface area contributed by atoms with Gasteiger partial charge in [-0.1, -0.05) is 42.0 Å². The number of aryl methyl sites for hydroxylation is 1. The Balaban J connectivity index is 2.37. The number of hydrogen-bond acceptors (Lipinski definition) is 2. The molecule has 0 aromatic carbocycles. The van der Waals surface area contributed by atoms with Crippen molar-refractivity contribution in [3.05, 3.63) is 17.5 Å². The van der Waals surface area contributed by atoms with Gasteiger partial charge in [-0.2, -0.15) is 0 Å². The Bertz CT molecular complexity index is 350. The smallest absolute Gasteiger partial charge is 0.357 e. The van der Waals surface area contributed by atoms with Gasteiger partial charge in [0.1, 0.15) is 0 Å². The molecule has 1 aromatic rings. The highest BCUT2D eigenvalue weighted by Gasteiger charge is 2.13. The summed E-state index contributed by atoms with van der Waals surface area (Å²) >= 11 is 0. The monoisotopic (exact) mass is 228 g/mol. The van der Waals surface area contributed by atoms with E-state index in [4.69, 9.17) is 5.11 Å². The van der Waals surface area contributed by atoms with E-state index in [0.717, 1.165) is 12.8 Å². The molecule has 4 nitrogen and oxygen atoms in total. The van der Waals surface area contributed by atoms with Crippen LogP contribution in [-0.2, 0) is 6.42 Å². The van der Waals surface area contributed by atoms with E-state index in [0.29, 0.717) is 12.1 Å². The van der Waals surface area contributed by atoms with Crippen LogP contribution in [0.15, 0.2) is 6.07 Å². The van der Waals surface area contributed by atoms with Gasteiger partial charge in [-0.05, 0) is 18.9 Å². The number of carbonyl (C=O) groups is 1. The molecule has 0 saturated heterocycles. The SMILES string of the molecule is CCCCCCCc1cc(C(=O)O)n(F)n1. The van der Waals surface area contributed by atoms with E-state index in [1.54, 1.807) is 0 Å². The lowest BCUT2D eigenvalue weighted by molar-refractivity contribution is 0.0667. The van der Waals surface area contributed by atoms with E-state index >= 15 is 0 Å². The van der Waals surface area contributed by atoms with Crippen LogP contribution in [0.4, 0.5) is 4.48 Å². The number of unbranched alkanes of at least 4 members (excludes halogenated alkanes) is 4. The van der Waals surface area contributed by atoms with Gasteiger partial charge in [0, 0.05) is 0 Å². The Morgan fingerprint density at radius 2 is 2.12 bits per heavy atom. The summed E-state index contributed by atoms with van der Waals surface area (Å²) in [7, 11) is 0. The van der Waals surface area contributed by atoms with Gasteiger partial charge in [-0.15, -0.1) is 5.10 Å². The van der Waals surface area contributed by atoms with Crippen LogP contribution >= 0.6 is 0 Å². The molecule has 1 heterocycles. The van der Waals surface area contributed by atoms with Crippen LogP contribution in [0.3, 0.4) is 0 Å². The van der Waals surface area contributed by atoms with Gasteiger partial charge in [0.15, 0.2) is 5.69 Å². The van der Waals surface area contributed by atoms with Crippen LogP contribution in [-0.4, -0.2) is 21.1 Å². The fraction of sp³-hybridized carbons (Fsp3) is 0.636. The highest BCUT2D eigenvalue weighted by atomic mass is 19.2. The van der Waals surface area contributed by atoms with E-state index < -0.39 is 11.7 Å². The van der Waals surface area contributed by atoms with E-state index in [2.05, 4.69) is 12.0 Å². The zero-order valence-electron chi connectivity index (χ0n) is 9.45. The molecule has 0 saturated carbocycles. The summed E-state index contributed by atoms with van der Waals surface area (Å²) in [5.41, 5.74) is 0.111. The summed E-state index contributed by atoms with van der Waals surface area (Å²) in [6.45, 7) is 2.14. The van der Waals surface area contributed by atoms with E-state index in [1.807, 2.05) is 0 Å². The minimum atomic E-state index is -1.28. The van der Waals surface area contributed by atoms with Crippen LogP contribution < -0.4 is 0 Å². The first-order valence-corrected chi connectivity index (χ1v) is 5.63.